The van der Waals surface area contributed by atoms with Gasteiger partial charge in [0.05, 0.1) is 58.0 Å². The second-order valence-electron chi connectivity index (χ2n) is 16.0. The summed E-state index contributed by atoms with van der Waals surface area (Å²) >= 11 is 0. The molecule has 12 nitrogen and oxygen atoms in total. The van der Waals surface area contributed by atoms with Gasteiger partial charge in [-0.1, -0.05) is 30.3 Å². The van der Waals surface area contributed by atoms with Gasteiger partial charge in [0.2, 0.25) is 0 Å². The molecule has 0 radical (unpaired) electrons. The molecular formula is C41H49N7O5S. The highest BCUT2D eigenvalue weighted by Crippen LogP contribution is 2.41. The minimum absolute atomic E-state index is 0.0306. The molecule has 3 fully saturated rings. The van der Waals surface area contributed by atoms with Crippen molar-refractivity contribution < 1.29 is 23.3 Å². The van der Waals surface area contributed by atoms with Crippen molar-refractivity contribution >= 4 is 39.7 Å². The lowest BCUT2D eigenvalue weighted by atomic mass is 9.96. The number of pyridine rings is 2. The summed E-state index contributed by atoms with van der Waals surface area (Å²) in [7, 11) is 0.376. The lowest BCUT2D eigenvalue weighted by Crippen LogP contribution is -2.45. The Bertz CT molecular complexity index is 2260. The second-order valence-corrected chi connectivity index (χ2v) is 18.0. The zero-order valence-corrected chi connectivity index (χ0v) is 32.6. The van der Waals surface area contributed by atoms with E-state index in [0.29, 0.717) is 29.4 Å². The molecule has 0 spiro atoms. The van der Waals surface area contributed by atoms with E-state index in [0.717, 1.165) is 58.8 Å². The van der Waals surface area contributed by atoms with E-state index in [9.17, 15) is 13.8 Å². The fourth-order valence-corrected chi connectivity index (χ4v) is 8.83. The molecule has 8 rings (SSSR count). The number of aryl methyl sites for hydroxylation is 1. The van der Waals surface area contributed by atoms with Crippen molar-refractivity contribution in [3.8, 4) is 17.3 Å². The van der Waals surface area contributed by atoms with Gasteiger partial charge in [0.1, 0.15) is 23.6 Å². The van der Waals surface area contributed by atoms with Crippen molar-refractivity contribution in [1.29, 1.82) is 0 Å². The van der Waals surface area contributed by atoms with Gasteiger partial charge in [-0.3, -0.25) is 9.20 Å². The van der Waals surface area contributed by atoms with Crippen LogP contribution >= 0.6 is 0 Å². The molecule has 1 aromatic carbocycles. The molecule has 3 aliphatic rings. The Kier molecular flexibility index (Phi) is 9.50. The largest absolute Gasteiger partial charge is 0.482 e. The zero-order valence-electron chi connectivity index (χ0n) is 31.8. The molecule has 2 amide bonds. The number of alkyl carbamates (subject to hydrolysis) is 1. The molecule has 54 heavy (non-hydrogen) atoms. The van der Waals surface area contributed by atoms with E-state index >= 15 is 0 Å². The van der Waals surface area contributed by atoms with E-state index in [-0.39, 0.29) is 36.7 Å². The van der Waals surface area contributed by atoms with Gasteiger partial charge in [0, 0.05) is 29.6 Å². The summed E-state index contributed by atoms with van der Waals surface area (Å²) < 4.78 is 31.4. The molecule has 5 atom stereocenters. The molecule has 2 bridgehead atoms. The first kappa shape index (κ1) is 36.2. The summed E-state index contributed by atoms with van der Waals surface area (Å²) in [6, 6.07) is 19.0. The number of carbonyl (C=O) groups excluding carboxylic acids is 2. The summed E-state index contributed by atoms with van der Waals surface area (Å²) in [5.74, 6) is 1.00. The van der Waals surface area contributed by atoms with Crippen LogP contribution < -0.4 is 14.8 Å². The van der Waals surface area contributed by atoms with E-state index in [2.05, 4.69) is 26.7 Å². The topological polar surface area (TPSA) is 132 Å². The average molecular weight is 752 g/mol. The van der Waals surface area contributed by atoms with Crippen LogP contribution in [0.1, 0.15) is 93.2 Å². The molecule has 2 N–H and O–H groups in total. The van der Waals surface area contributed by atoms with Crippen LogP contribution in [0.5, 0.6) is 5.88 Å². The van der Waals surface area contributed by atoms with Crippen LogP contribution in [0.25, 0.3) is 28.1 Å². The summed E-state index contributed by atoms with van der Waals surface area (Å²) in [6.45, 7) is 10.9. The summed E-state index contributed by atoms with van der Waals surface area (Å²) in [5.41, 5.74) is 6.41. The number of nitrogens with zero attached hydrogens (tertiary/aromatic N) is 5. The number of aromatic nitrogens is 4. The Balaban J connectivity index is 1.07. The van der Waals surface area contributed by atoms with Gasteiger partial charge in [0.25, 0.3) is 5.91 Å². The van der Waals surface area contributed by atoms with Crippen molar-refractivity contribution in [2.45, 2.75) is 109 Å². The number of benzene rings is 1. The van der Waals surface area contributed by atoms with Gasteiger partial charge in [-0.2, -0.15) is 0 Å². The average Bonchev–Trinajstić information content (AvgIpc) is 3.46. The van der Waals surface area contributed by atoms with Gasteiger partial charge in [-0.25, -0.2) is 23.7 Å². The fraction of sp³-hybridized carbons (Fsp3) is 0.463. The van der Waals surface area contributed by atoms with E-state index in [1.165, 1.54) is 12.8 Å². The molecule has 13 heteroatoms. The SMILES string of the molecule is COc1cc(C(=O)N2[C@H]3CC[C@@H]2[C@H](NC(=O)OCc2ccccc2)C3)cc2nc(-c3cc4ccc([C@@H](C)N[S@@](=O)C(C)(C)C)nc4n3CC3CC3)c(C)n12. The van der Waals surface area contributed by atoms with Gasteiger partial charge in [-0.15, -0.1) is 0 Å². The van der Waals surface area contributed by atoms with E-state index in [1.54, 1.807) is 13.2 Å². The highest BCUT2D eigenvalue weighted by molar-refractivity contribution is 7.84. The molecular weight excluding hydrogens is 703 g/mol. The fourth-order valence-electron chi connectivity index (χ4n) is 8.04. The number of hydrogen-bond acceptors (Lipinski definition) is 7. The number of hydrogen-bond donors (Lipinski definition) is 2. The maximum atomic E-state index is 14.3. The Hall–Kier alpha value is -4.75. The van der Waals surface area contributed by atoms with Crippen LogP contribution in [0.2, 0.25) is 0 Å². The van der Waals surface area contributed by atoms with Crippen LogP contribution in [-0.2, 0) is 28.9 Å². The first-order valence-electron chi connectivity index (χ1n) is 18.9. The minimum atomic E-state index is -1.23. The highest BCUT2D eigenvalue weighted by Gasteiger charge is 2.49. The summed E-state index contributed by atoms with van der Waals surface area (Å²) in [5, 5.41) is 4.04. The molecule has 1 saturated carbocycles. The minimum Gasteiger partial charge on any atom is -0.482 e. The lowest BCUT2D eigenvalue weighted by molar-refractivity contribution is 0.0719. The molecule has 284 valence electrons. The third kappa shape index (κ3) is 6.87. The van der Waals surface area contributed by atoms with Crippen LogP contribution in [0.3, 0.4) is 0 Å². The zero-order chi connectivity index (χ0) is 37.9. The van der Waals surface area contributed by atoms with Crippen molar-refractivity contribution in [1.82, 2.24) is 33.9 Å². The van der Waals surface area contributed by atoms with Crippen LogP contribution in [0.4, 0.5) is 4.79 Å². The maximum absolute atomic E-state index is 14.3. The van der Waals surface area contributed by atoms with Crippen LogP contribution in [-0.4, -0.2) is 70.0 Å². The quantitative estimate of drug-likeness (QED) is 0.151. The van der Waals surface area contributed by atoms with E-state index in [4.69, 9.17) is 19.4 Å². The Morgan fingerprint density at radius 2 is 1.80 bits per heavy atom. The Morgan fingerprint density at radius 1 is 1.02 bits per heavy atom. The van der Waals surface area contributed by atoms with Crippen molar-refractivity contribution in [2.75, 3.05) is 7.11 Å². The van der Waals surface area contributed by atoms with Gasteiger partial charge < -0.3 is 24.3 Å². The van der Waals surface area contributed by atoms with E-state index < -0.39 is 21.8 Å². The number of carbonyl (C=O) groups is 2. The van der Waals surface area contributed by atoms with Gasteiger partial charge in [-0.05, 0) is 102 Å². The number of methoxy groups -OCH3 is 1. The van der Waals surface area contributed by atoms with E-state index in [1.807, 2.05) is 86.4 Å². The van der Waals surface area contributed by atoms with Gasteiger partial charge >= 0.3 is 6.09 Å². The monoisotopic (exact) mass is 751 g/mol. The predicted molar refractivity (Wildman–Crippen MR) is 209 cm³/mol. The molecule has 5 aromatic rings. The number of ether oxygens (including phenoxy) is 2. The lowest BCUT2D eigenvalue weighted by Gasteiger charge is -2.25. The number of amides is 2. The molecule has 2 saturated heterocycles. The smallest absolute Gasteiger partial charge is 0.407 e. The summed E-state index contributed by atoms with van der Waals surface area (Å²) in [4.78, 5) is 39.3. The molecule has 0 unspecified atom stereocenters. The Morgan fingerprint density at radius 3 is 2.52 bits per heavy atom. The maximum Gasteiger partial charge on any atom is 0.407 e. The Labute approximate surface area is 318 Å². The van der Waals surface area contributed by atoms with Crippen molar-refractivity contribution in [3.63, 3.8) is 0 Å². The molecule has 2 aliphatic heterocycles. The van der Waals surface area contributed by atoms with Gasteiger partial charge in [0.15, 0.2) is 5.88 Å². The third-order valence-corrected chi connectivity index (χ3v) is 12.8. The standard InChI is InChI=1S/C41H49N7O5S/c1-24(45-54(51)41(3,4)5)31-16-14-28-18-34(46(38(28)42-31)22-26-12-13-26)37-25(2)47-35(44-37)19-29(20-36(47)52-6)39(49)48-30-15-17-33(48)32(21-30)43-40(50)53-23-27-10-8-7-9-11-27/h7-11,14,16,18-20,24,26,30,32-33,45H,12-13,15,17,21-23H2,1-6H3,(H,43,50)/t24-,30+,32-,33-,54+/m1/s1. The third-order valence-electron chi connectivity index (χ3n) is 11.1. The first-order chi connectivity index (χ1) is 25.9. The first-order valence-corrected chi connectivity index (χ1v) is 20.1. The number of rotatable bonds is 11. The number of imidazole rings is 1. The van der Waals surface area contributed by atoms with Crippen molar-refractivity contribution in [2.24, 2.45) is 5.92 Å². The molecule has 1 aliphatic carbocycles. The summed E-state index contributed by atoms with van der Waals surface area (Å²) in [6.07, 6.45) is 4.28. The molecule has 4 aromatic heterocycles. The van der Waals surface area contributed by atoms with Crippen LogP contribution in [0.15, 0.2) is 60.7 Å². The highest BCUT2D eigenvalue weighted by atomic mass is 32.2. The molecule has 6 heterocycles. The number of fused-ring (bicyclic) bond motifs is 4. The normalized spacial score (nSPS) is 20.8. The second kappa shape index (κ2) is 14.2. The van der Waals surface area contributed by atoms with Crippen molar-refractivity contribution in [3.05, 3.63) is 83.2 Å². The van der Waals surface area contributed by atoms with Crippen LogP contribution in [0, 0.1) is 12.8 Å². The number of nitrogens with one attached hydrogen (secondary N) is 2. The predicted octanol–water partition coefficient (Wildman–Crippen LogP) is 6.86.